The summed E-state index contributed by atoms with van der Waals surface area (Å²) in [4.78, 5) is 40.6. The summed E-state index contributed by atoms with van der Waals surface area (Å²) < 4.78 is 0. The van der Waals surface area contributed by atoms with Crippen LogP contribution >= 0.6 is 23.2 Å². The predicted molar refractivity (Wildman–Crippen MR) is 130 cm³/mol. The molecule has 0 atom stereocenters. The normalized spacial score (nSPS) is 13.6. The number of carbonyl (C=O) groups excluding carboxylic acids is 2. The SMILES string of the molecule is O=C(O)NCC1(c2ccc(C(=O)Nc3ccc(Cl)cc3C(=O)Nc3ccc(Cl)cn3)cc2)CC1. The third-order valence-electron chi connectivity index (χ3n) is 5.63. The molecule has 1 heterocycles. The molecule has 3 amide bonds. The molecule has 0 unspecified atom stereocenters. The predicted octanol–water partition coefficient (Wildman–Crippen LogP) is 5.19. The smallest absolute Gasteiger partial charge is 0.404 e. The third-order valence-corrected chi connectivity index (χ3v) is 6.09. The highest BCUT2D eigenvalue weighted by molar-refractivity contribution is 6.31. The summed E-state index contributed by atoms with van der Waals surface area (Å²) >= 11 is 11.9. The fraction of sp³-hybridized carbons (Fsp3) is 0.167. The van der Waals surface area contributed by atoms with Crippen LogP contribution < -0.4 is 16.0 Å². The van der Waals surface area contributed by atoms with Gasteiger partial charge in [-0.25, -0.2) is 9.78 Å². The van der Waals surface area contributed by atoms with Gasteiger partial charge >= 0.3 is 6.09 Å². The second kappa shape index (κ2) is 9.70. The molecule has 1 aliphatic rings. The van der Waals surface area contributed by atoms with E-state index in [1.165, 1.54) is 12.3 Å². The Bertz CT molecular complexity index is 1240. The molecule has 1 fully saturated rings. The van der Waals surface area contributed by atoms with E-state index < -0.39 is 17.9 Å². The summed E-state index contributed by atoms with van der Waals surface area (Å²) in [6.07, 6.45) is 2.11. The summed E-state index contributed by atoms with van der Waals surface area (Å²) in [5.41, 5.74) is 1.61. The molecule has 0 aliphatic heterocycles. The van der Waals surface area contributed by atoms with Gasteiger partial charge in [0.2, 0.25) is 0 Å². The molecule has 1 aliphatic carbocycles. The van der Waals surface area contributed by atoms with E-state index in [2.05, 4.69) is 20.9 Å². The van der Waals surface area contributed by atoms with Gasteiger partial charge in [-0.1, -0.05) is 35.3 Å². The molecule has 34 heavy (non-hydrogen) atoms. The van der Waals surface area contributed by atoms with E-state index in [0.29, 0.717) is 28.0 Å². The average Bonchev–Trinajstić information content (AvgIpc) is 3.61. The van der Waals surface area contributed by atoms with Gasteiger partial charge in [0.05, 0.1) is 16.3 Å². The number of benzene rings is 2. The molecule has 2 aromatic carbocycles. The second-order valence-electron chi connectivity index (χ2n) is 7.98. The first kappa shape index (κ1) is 23.5. The fourth-order valence-corrected chi connectivity index (χ4v) is 3.86. The Morgan fingerprint density at radius 3 is 2.24 bits per heavy atom. The van der Waals surface area contributed by atoms with Gasteiger partial charge in [-0.2, -0.15) is 0 Å². The van der Waals surface area contributed by atoms with Gasteiger partial charge in [-0.15, -0.1) is 0 Å². The number of nitrogens with zero attached hydrogens (tertiary/aromatic N) is 1. The number of halogens is 2. The molecule has 4 N–H and O–H groups in total. The van der Waals surface area contributed by atoms with Gasteiger partial charge in [0, 0.05) is 28.7 Å². The first-order valence-electron chi connectivity index (χ1n) is 10.4. The first-order valence-corrected chi connectivity index (χ1v) is 11.1. The lowest BCUT2D eigenvalue weighted by atomic mass is 9.95. The van der Waals surface area contributed by atoms with E-state index in [1.807, 2.05) is 12.1 Å². The van der Waals surface area contributed by atoms with E-state index in [1.54, 1.807) is 36.4 Å². The molecule has 4 rings (SSSR count). The molecular formula is C24H20Cl2N4O4. The number of carboxylic acid groups (broad SMARTS) is 1. The number of carbonyl (C=O) groups is 3. The Hall–Kier alpha value is -3.62. The topological polar surface area (TPSA) is 120 Å². The maximum atomic E-state index is 12.9. The number of amides is 3. The maximum Gasteiger partial charge on any atom is 0.404 e. The molecular weight excluding hydrogens is 479 g/mol. The summed E-state index contributed by atoms with van der Waals surface area (Å²) in [6, 6.07) is 14.7. The Morgan fingerprint density at radius 1 is 0.912 bits per heavy atom. The Balaban J connectivity index is 1.48. The maximum absolute atomic E-state index is 12.9. The van der Waals surface area contributed by atoms with Crippen molar-refractivity contribution in [2.24, 2.45) is 0 Å². The average molecular weight is 499 g/mol. The number of aromatic nitrogens is 1. The zero-order valence-corrected chi connectivity index (χ0v) is 19.3. The Kier molecular flexibility index (Phi) is 6.72. The van der Waals surface area contributed by atoms with Crippen LogP contribution in [0.1, 0.15) is 39.1 Å². The highest BCUT2D eigenvalue weighted by Gasteiger charge is 2.44. The van der Waals surface area contributed by atoms with Crippen LogP contribution in [-0.2, 0) is 5.41 Å². The molecule has 1 saturated carbocycles. The van der Waals surface area contributed by atoms with Crippen molar-refractivity contribution in [3.8, 4) is 0 Å². The molecule has 0 spiro atoms. The van der Waals surface area contributed by atoms with Crippen LogP contribution in [0.3, 0.4) is 0 Å². The molecule has 3 aromatic rings. The van der Waals surface area contributed by atoms with Crippen LogP contribution in [0.15, 0.2) is 60.8 Å². The molecule has 174 valence electrons. The minimum Gasteiger partial charge on any atom is -0.465 e. The third kappa shape index (κ3) is 5.47. The van der Waals surface area contributed by atoms with Gasteiger partial charge < -0.3 is 21.1 Å². The summed E-state index contributed by atoms with van der Waals surface area (Å²) in [6.45, 7) is 0.333. The molecule has 8 nitrogen and oxygen atoms in total. The fourth-order valence-electron chi connectivity index (χ4n) is 3.58. The minimum atomic E-state index is -1.06. The number of nitrogens with one attached hydrogen (secondary N) is 3. The molecule has 0 bridgehead atoms. The Morgan fingerprint density at radius 2 is 1.62 bits per heavy atom. The van der Waals surface area contributed by atoms with Gasteiger partial charge in [0.1, 0.15) is 5.82 Å². The van der Waals surface area contributed by atoms with Crippen molar-refractivity contribution in [1.29, 1.82) is 0 Å². The summed E-state index contributed by atoms with van der Waals surface area (Å²) in [7, 11) is 0. The number of pyridine rings is 1. The van der Waals surface area contributed by atoms with E-state index >= 15 is 0 Å². The lowest BCUT2D eigenvalue weighted by Gasteiger charge is -2.16. The number of rotatable bonds is 7. The largest absolute Gasteiger partial charge is 0.465 e. The monoisotopic (exact) mass is 498 g/mol. The van der Waals surface area contributed by atoms with Crippen LogP contribution in [0.25, 0.3) is 0 Å². The van der Waals surface area contributed by atoms with Crippen molar-refractivity contribution in [3.05, 3.63) is 87.5 Å². The second-order valence-corrected chi connectivity index (χ2v) is 8.85. The highest BCUT2D eigenvalue weighted by atomic mass is 35.5. The standard InChI is InChI=1S/C24H20Cl2N4O4/c25-16-5-7-19(18(11-16)22(32)30-20-8-6-17(26)12-27-20)29-21(31)14-1-3-15(4-2-14)24(9-10-24)13-28-23(33)34/h1-8,11-12,28H,9-10,13H2,(H,29,31)(H,33,34)(H,27,30,32). The van der Waals surface area contributed by atoms with E-state index in [9.17, 15) is 14.4 Å². The molecule has 10 heteroatoms. The van der Waals surface area contributed by atoms with Crippen molar-refractivity contribution in [1.82, 2.24) is 10.3 Å². The zero-order valence-electron chi connectivity index (χ0n) is 17.8. The van der Waals surface area contributed by atoms with Crippen LogP contribution in [0, 0.1) is 0 Å². The van der Waals surface area contributed by atoms with Crippen molar-refractivity contribution in [2.75, 3.05) is 17.2 Å². The zero-order chi connectivity index (χ0) is 24.3. The van der Waals surface area contributed by atoms with Gasteiger partial charge in [-0.05, 0) is 60.9 Å². The lowest BCUT2D eigenvalue weighted by Crippen LogP contribution is -2.30. The lowest BCUT2D eigenvalue weighted by molar-refractivity contribution is 0.102. The van der Waals surface area contributed by atoms with Crippen molar-refractivity contribution >= 4 is 52.6 Å². The quantitative estimate of drug-likeness (QED) is 0.357. The van der Waals surface area contributed by atoms with Crippen LogP contribution in [0.2, 0.25) is 10.0 Å². The van der Waals surface area contributed by atoms with E-state index in [-0.39, 0.29) is 16.7 Å². The number of hydrogen-bond acceptors (Lipinski definition) is 4. The molecule has 0 radical (unpaired) electrons. The minimum absolute atomic E-state index is 0.172. The highest BCUT2D eigenvalue weighted by Crippen LogP contribution is 2.47. The van der Waals surface area contributed by atoms with E-state index in [4.69, 9.17) is 28.3 Å². The van der Waals surface area contributed by atoms with E-state index in [0.717, 1.165) is 18.4 Å². The van der Waals surface area contributed by atoms with Gasteiger partial charge in [0.25, 0.3) is 11.8 Å². The summed E-state index contributed by atoms with van der Waals surface area (Å²) in [5.74, 6) is -0.598. The van der Waals surface area contributed by atoms with Gasteiger partial charge in [0.15, 0.2) is 0 Å². The van der Waals surface area contributed by atoms with Crippen LogP contribution in [0.5, 0.6) is 0 Å². The van der Waals surface area contributed by atoms with Crippen LogP contribution in [0.4, 0.5) is 16.3 Å². The first-order chi connectivity index (χ1) is 16.3. The molecule has 0 saturated heterocycles. The van der Waals surface area contributed by atoms with Gasteiger partial charge in [-0.3, -0.25) is 9.59 Å². The van der Waals surface area contributed by atoms with Crippen molar-refractivity contribution in [3.63, 3.8) is 0 Å². The number of anilines is 2. The summed E-state index contributed by atoms with van der Waals surface area (Å²) in [5, 5.41) is 17.5. The number of hydrogen-bond donors (Lipinski definition) is 4. The molecule has 1 aromatic heterocycles. The van der Waals surface area contributed by atoms with Crippen LogP contribution in [-0.4, -0.2) is 34.5 Å². The Labute approximate surface area is 205 Å². The van der Waals surface area contributed by atoms with Crippen molar-refractivity contribution < 1.29 is 19.5 Å². The van der Waals surface area contributed by atoms with Crippen molar-refractivity contribution in [2.45, 2.75) is 18.3 Å².